The van der Waals surface area contributed by atoms with Gasteiger partial charge in [-0.15, -0.1) is 0 Å². The van der Waals surface area contributed by atoms with Crippen molar-refractivity contribution in [3.05, 3.63) is 60.4 Å². The lowest BCUT2D eigenvalue weighted by atomic mass is 9.94. The quantitative estimate of drug-likeness (QED) is 0.812. The zero-order chi connectivity index (χ0) is 15.5. The summed E-state index contributed by atoms with van der Waals surface area (Å²) in [6.07, 6.45) is 3.47. The summed E-state index contributed by atoms with van der Waals surface area (Å²) in [6, 6.07) is 12.7. The largest absolute Gasteiger partial charge is 0.298 e. The molecule has 1 atom stereocenters. The molecule has 0 fully saturated rings. The second-order valence-electron chi connectivity index (χ2n) is 5.16. The molecule has 5 nitrogen and oxygen atoms in total. The molecule has 0 saturated carbocycles. The first-order chi connectivity index (χ1) is 10.7. The number of benzene rings is 1. The molecule has 0 saturated heterocycles. The minimum absolute atomic E-state index is 0.155. The number of carbonyl (C=O) groups is 2. The van der Waals surface area contributed by atoms with Crippen molar-refractivity contribution in [3.63, 3.8) is 0 Å². The highest BCUT2D eigenvalue weighted by atomic mass is 16.2. The van der Waals surface area contributed by atoms with Gasteiger partial charge in [0.15, 0.2) is 5.78 Å². The number of para-hydroxylation sites is 1. The van der Waals surface area contributed by atoms with E-state index >= 15 is 0 Å². The minimum Gasteiger partial charge on any atom is -0.298 e. The topological polar surface area (TPSA) is 62.6 Å². The van der Waals surface area contributed by atoms with Crippen LogP contribution in [-0.2, 0) is 16.0 Å². The maximum atomic E-state index is 12.5. The molecule has 0 radical (unpaired) electrons. The van der Waals surface area contributed by atoms with Crippen molar-refractivity contribution in [1.29, 1.82) is 0 Å². The highest BCUT2D eigenvalue weighted by Gasteiger charge is 2.39. The van der Waals surface area contributed by atoms with Gasteiger partial charge in [-0.1, -0.05) is 24.3 Å². The normalized spacial score (nSPS) is 17.5. The second-order valence-corrected chi connectivity index (χ2v) is 5.16. The summed E-state index contributed by atoms with van der Waals surface area (Å²) in [6.45, 7) is 1.71. The van der Waals surface area contributed by atoms with Crippen LogP contribution in [-0.4, -0.2) is 22.4 Å². The Labute approximate surface area is 128 Å². The van der Waals surface area contributed by atoms with Gasteiger partial charge in [0.2, 0.25) is 0 Å². The maximum Gasteiger partial charge on any atom is 0.263 e. The van der Waals surface area contributed by atoms with Crippen LogP contribution in [0.2, 0.25) is 0 Å². The summed E-state index contributed by atoms with van der Waals surface area (Å²) in [5, 5.41) is 5.55. The Kier molecular flexibility index (Phi) is 3.78. The fraction of sp³-hybridized carbons (Fsp3) is 0.176. The van der Waals surface area contributed by atoms with Gasteiger partial charge in [-0.2, -0.15) is 10.1 Å². The van der Waals surface area contributed by atoms with E-state index in [2.05, 4.69) is 10.1 Å². The number of aromatic nitrogens is 1. The number of pyridine rings is 1. The zero-order valence-corrected chi connectivity index (χ0v) is 12.1. The molecule has 1 amide bonds. The number of hydrogen-bond donors (Lipinski definition) is 0. The van der Waals surface area contributed by atoms with Crippen LogP contribution in [0.5, 0.6) is 0 Å². The highest BCUT2D eigenvalue weighted by Crippen LogP contribution is 2.24. The van der Waals surface area contributed by atoms with Gasteiger partial charge in [0.1, 0.15) is 5.92 Å². The van der Waals surface area contributed by atoms with E-state index in [1.807, 2.05) is 24.3 Å². The average Bonchev–Trinajstić information content (AvgIpc) is 2.84. The van der Waals surface area contributed by atoms with Crippen molar-refractivity contribution in [2.75, 3.05) is 5.01 Å². The fourth-order valence-electron chi connectivity index (χ4n) is 2.50. The fourth-order valence-corrected chi connectivity index (χ4v) is 2.50. The Hall–Kier alpha value is -2.82. The molecule has 0 N–H and O–H groups in total. The van der Waals surface area contributed by atoms with Crippen LogP contribution < -0.4 is 5.01 Å². The molecule has 1 aliphatic rings. The highest BCUT2D eigenvalue weighted by molar-refractivity contribution is 6.27. The second kappa shape index (κ2) is 5.89. The number of amides is 1. The van der Waals surface area contributed by atoms with Gasteiger partial charge in [0, 0.05) is 18.8 Å². The Bertz CT molecular complexity index is 726. The zero-order valence-electron chi connectivity index (χ0n) is 12.1. The van der Waals surface area contributed by atoms with Crippen molar-refractivity contribution < 1.29 is 9.59 Å². The first-order valence-corrected chi connectivity index (χ1v) is 7.02. The third-order valence-corrected chi connectivity index (χ3v) is 3.56. The van der Waals surface area contributed by atoms with Crippen LogP contribution >= 0.6 is 0 Å². The lowest BCUT2D eigenvalue weighted by Crippen LogP contribution is -2.33. The van der Waals surface area contributed by atoms with E-state index in [-0.39, 0.29) is 18.1 Å². The van der Waals surface area contributed by atoms with E-state index < -0.39 is 5.92 Å². The van der Waals surface area contributed by atoms with Gasteiger partial charge >= 0.3 is 0 Å². The minimum atomic E-state index is -0.805. The smallest absolute Gasteiger partial charge is 0.263 e. The van der Waals surface area contributed by atoms with Gasteiger partial charge in [0.05, 0.1) is 11.4 Å². The monoisotopic (exact) mass is 293 g/mol. The molecule has 5 heteroatoms. The van der Waals surface area contributed by atoms with E-state index in [0.29, 0.717) is 11.4 Å². The summed E-state index contributed by atoms with van der Waals surface area (Å²) in [4.78, 5) is 29.0. The van der Waals surface area contributed by atoms with Gasteiger partial charge in [-0.05, 0) is 30.7 Å². The molecule has 0 spiro atoms. The molecule has 2 aromatic rings. The Morgan fingerprint density at radius 3 is 2.64 bits per heavy atom. The number of nitrogens with zero attached hydrogens (tertiary/aromatic N) is 3. The molecule has 2 heterocycles. The number of rotatable bonds is 4. The Morgan fingerprint density at radius 1 is 1.18 bits per heavy atom. The summed E-state index contributed by atoms with van der Waals surface area (Å²) < 4.78 is 0. The predicted molar refractivity (Wildman–Crippen MR) is 83.5 cm³/mol. The van der Waals surface area contributed by atoms with Crippen LogP contribution in [0.15, 0.2) is 60.0 Å². The number of anilines is 1. The van der Waals surface area contributed by atoms with Crippen molar-refractivity contribution in [2.24, 2.45) is 11.0 Å². The molecule has 1 aromatic carbocycles. The molecule has 110 valence electrons. The van der Waals surface area contributed by atoms with Gasteiger partial charge in [-0.3, -0.25) is 14.6 Å². The summed E-state index contributed by atoms with van der Waals surface area (Å²) >= 11 is 0. The van der Waals surface area contributed by atoms with Crippen LogP contribution in [0.25, 0.3) is 0 Å². The first-order valence-electron chi connectivity index (χ1n) is 7.02. The first kappa shape index (κ1) is 14.1. The third kappa shape index (κ3) is 2.65. The summed E-state index contributed by atoms with van der Waals surface area (Å²) in [7, 11) is 0. The predicted octanol–water partition coefficient (Wildman–Crippen LogP) is 2.23. The molecule has 1 aromatic heterocycles. The SMILES string of the molecule is CC1=NN(c2ccccc2)C(=O)C1C(=O)Cc1cccnc1. The van der Waals surface area contributed by atoms with Gasteiger partial charge < -0.3 is 0 Å². The van der Waals surface area contributed by atoms with E-state index in [4.69, 9.17) is 0 Å². The Morgan fingerprint density at radius 2 is 1.95 bits per heavy atom. The number of hydrogen-bond acceptors (Lipinski definition) is 4. The van der Waals surface area contributed by atoms with Gasteiger partial charge in [0.25, 0.3) is 5.91 Å². The van der Waals surface area contributed by atoms with E-state index in [9.17, 15) is 9.59 Å². The maximum absolute atomic E-state index is 12.5. The summed E-state index contributed by atoms with van der Waals surface area (Å²) in [5.41, 5.74) is 2.00. The molecule has 22 heavy (non-hydrogen) atoms. The van der Waals surface area contributed by atoms with Crippen molar-refractivity contribution in [1.82, 2.24) is 4.98 Å². The summed E-state index contributed by atoms with van der Waals surface area (Å²) in [5.74, 6) is -1.25. The Balaban J connectivity index is 1.80. The third-order valence-electron chi connectivity index (χ3n) is 3.56. The lowest BCUT2D eigenvalue weighted by Gasteiger charge is -2.13. The van der Waals surface area contributed by atoms with Gasteiger partial charge in [-0.25, -0.2) is 0 Å². The lowest BCUT2D eigenvalue weighted by molar-refractivity contribution is -0.128. The van der Waals surface area contributed by atoms with Crippen molar-refractivity contribution in [2.45, 2.75) is 13.3 Å². The number of ketones is 1. The molecule has 0 bridgehead atoms. The van der Waals surface area contributed by atoms with E-state index in [0.717, 1.165) is 5.56 Å². The standard InChI is InChI=1S/C17H15N3O2/c1-12-16(15(21)10-13-6-5-9-18-11-13)17(22)20(19-12)14-7-3-2-4-8-14/h2-9,11,16H,10H2,1H3. The van der Waals surface area contributed by atoms with Crippen LogP contribution in [0.4, 0.5) is 5.69 Å². The average molecular weight is 293 g/mol. The molecular weight excluding hydrogens is 278 g/mol. The van der Waals surface area contributed by atoms with Crippen molar-refractivity contribution in [3.8, 4) is 0 Å². The molecular formula is C17H15N3O2. The van der Waals surface area contributed by atoms with Crippen LogP contribution in [0, 0.1) is 5.92 Å². The number of carbonyl (C=O) groups excluding carboxylic acids is 2. The molecule has 1 unspecified atom stereocenters. The van der Waals surface area contributed by atoms with Crippen LogP contribution in [0.1, 0.15) is 12.5 Å². The molecule has 1 aliphatic heterocycles. The molecule has 0 aliphatic carbocycles. The van der Waals surface area contributed by atoms with Crippen LogP contribution in [0.3, 0.4) is 0 Å². The number of hydrazone groups is 1. The molecule has 3 rings (SSSR count). The van der Waals surface area contributed by atoms with E-state index in [1.165, 1.54) is 5.01 Å². The van der Waals surface area contributed by atoms with E-state index in [1.54, 1.807) is 37.5 Å². The number of Topliss-reactive ketones (excluding diaryl/α,β-unsaturated/α-hetero) is 1. The van der Waals surface area contributed by atoms with Crippen molar-refractivity contribution >= 4 is 23.1 Å².